The molecule has 2 rings (SSSR count). The highest BCUT2D eigenvalue weighted by atomic mass is 15.3. The van der Waals surface area contributed by atoms with Gasteiger partial charge in [-0.15, -0.1) is 0 Å². The van der Waals surface area contributed by atoms with Crippen LogP contribution in [0.15, 0.2) is 30.3 Å². The number of hydrogen-bond acceptors (Lipinski definition) is 3. The lowest BCUT2D eigenvalue weighted by Crippen LogP contribution is -2.47. The molecule has 3 heteroatoms. The minimum atomic E-state index is 0.554. The van der Waals surface area contributed by atoms with Crippen LogP contribution in [0.3, 0.4) is 0 Å². The summed E-state index contributed by atoms with van der Waals surface area (Å²) >= 11 is 0. The normalized spacial score (nSPS) is 21.7. The number of likely N-dealkylation sites (N-methyl/N-ethyl adjacent to an activating group) is 1. The molecule has 1 saturated heterocycles. The third kappa shape index (κ3) is 4.30. The van der Waals surface area contributed by atoms with Gasteiger partial charge < -0.3 is 10.6 Å². The molecule has 0 aliphatic carbocycles. The maximum atomic E-state index is 5.56. The molecular weight excluding hydrogens is 234 g/mol. The lowest BCUT2D eigenvalue weighted by Gasteiger charge is -2.40. The van der Waals surface area contributed by atoms with Crippen molar-refractivity contribution in [3.8, 4) is 0 Å². The van der Waals surface area contributed by atoms with Gasteiger partial charge in [0.1, 0.15) is 0 Å². The molecule has 0 spiro atoms. The first-order chi connectivity index (χ1) is 9.31. The molecule has 2 N–H and O–H groups in total. The quantitative estimate of drug-likeness (QED) is 0.796. The molecule has 1 aliphatic heterocycles. The van der Waals surface area contributed by atoms with E-state index >= 15 is 0 Å². The van der Waals surface area contributed by atoms with Gasteiger partial charge in [-0.2, -0.15) is 0 Å². The Morgan fingerprint density at radius 3 is 2.63 bits per heavy atom. The number of nitrogens with two attached hydrogens (primary N) is 1. The molecule has 19 heavy (non-hydrogen) atoms. The molecule has 0 aromatic heterocycles. The van der Waals surface area contributed by atoms with Crippen LogP contribution in [0.5, 0.6) is 0 Å². The number of hydrogen-bond donors (Lipinski definition) is 1. The summed E-state index contributed by atoms with van der Waals surface area (Å²) in [4.78, 5) is 5.08. The van der Waals surface area contributed by atoms with Gasteiger partial charge >= 0.3 is 0 Å². The zero-order valence-electron chi connectivity index (χ0n) is 12.1. The predicted molar refractivity (Wildman–Crippen MR) is 81.2 cm³/mol. The molecule has 1 aliphatic rings. The lowest BCUT2D eigenvalue weighted by atomic mass is 10.0. The second kappa shape index (κ2) is 7.63. The lowest BCUT2D eigenvalue weighted by molar-refractivity contribution is 0.0882. The number of benzene rings is 1. The Labute approximate surface area is 117 Å². The zero-order chi connectivity index (χ0) is 13.5. The molecule has 1 fully saturated rings. The smallest absolute Gasteiger partial charge is 0.0475 e. The van der Waals surface area contributed by atoms with Crippen LogP contribution in [0.2, 0.25) is 0 Å². The first kappa shape index (κ1) is 14.5. The molecule has 1 unspecified atom stereocenters. The fourth-order valence-corrected chi connectivity index (χ4v) is 2.85. The molecule has 0 bridgehead atoms. The summed E-state index contributed by atoms with van der Waals surface area (Å²) in [5, 5.41) is 0. The van der Waals surface area contributed by atoms with Gasteiger partial charge in [0.15, 0.2) is 0 Å². The van der Waals surface area contributed by atoms with E-state index in [9.17, 15) is 0 Å². The average Bonchev–Trinajstić information content (AvgIpc) is 2.46. The highest BCUT2D eigenvalue weighted by molar-refractivity contribution is 5.20. The topological polar surface area (TPSA) is 32.5 Å². The Morgan fingerprint density at radius 2 is 1.89 bits per heavy atom. The van der Waals surface area contributed by atoms with E-state index in [4.69, 9.17) is 5.73 Å². The average molecular weight is 261 g/mol. The summed E-state index contributed by atoms with van der Waals surface area (Å²) < 4.78 is 0. The summed E-state index contributed by atoms with van der Waals surface area (Å²) in [6.45, 7) is 5.53. The summed E-state index contributed by atoms with van der Waals surface area (Å²) in [5.41, 5.74) is 7.02. The van der Waals surface area contributed by atoms with Gasteiger partial charge in [-0.1, -0.05) is 36.8 Å². The molecule has 0 saturated carbocycles. The van der Waals surface area contributed by atoms with Crippen LogP contribution in [0.1, 0.15) is 30.9 Å². The van der Waals surface area contributed by atoms with Crippen molar-refractivity contribution < 1.29 is 0 Å². The summed E-state index contributed by atoms with van der Waals surface area (Å²) in [6.07, 6.45) is 3.68. The van der Waals surface area contributed by atoms with Crippen LogP contribution in [-0.2, 0) is 0 Å². The Balaban J connectivity index is 1.95. The largest absolute Gasteiger partial charge is 0.330 e. The second-order valence-electron chi connectivity index (χ2n) is 5.57. The fraction of sp³-hybridized carbons (Fsp3) is 0.625. The number of rotatable bonds is 6. The molecule has 0 amide bonds. The summed E-state index contributed by atoms with van der Waals surface area (Å²) in [6, 6.07) is 11.5. The van der Waals surface area contributed by atoms with E-state index < -0.39 is 0 Å². The van der Waals surface area contributed by atoms with Gasteiger partial charge in [0.2, 0.25) is 0 Å². The number of nitrogens with zero attached hydrogens (tertiary/aromatic N) is 2. The van der Waals surface area contributed by atoms with Gasteiger partial charge in [0, 0.05) is 25.7 Å². The van der Waals surface area contributed by atoms with Crippen LogP contribution < -0.4 is 5.73 Å². The minimum Gasteiger partial charge on any atom is -0.330 e. The van der Waals surface area contributed by atoms with Crippen molar-refractivity contribution >= 4 is 0 Å². The van der Waals surface area contributed by atoms with E-state index in [0.717, 1.165) is 19.5 Å². The highest BCUT2D eigenvalue weighted by Gasteiger charge is 2.25. The monoisotopic (exact) mass is 261 g/mol. The van der Waals surface area contributed by atoms with E-state index in [2.05, 4.69) is 47.2 Å². The van der Waals surface area contributed by atoms with Gasteiger partial charge in [-0.3, -0.25) is 4.90 Å². The maximum Gasteiger partial charge on any atom is 0.0475 e. The van der Waals surface area contributed by atoms with Crippen LogP contribution in [-0.4, -0.2) is 49.6 Å². The van der Waals surface area contributed by atoms with Crippen molar-refractivity contribution in [2.24, 2.45) is 5.73 Å². The molecule has 0 radical (unpaired) electrons. The first-order valence-corrected chi connectivity index (χ1v) is 7.49. The standard InChI is InChI=1S/C16H27N3/c1-18-12-13-19(11-7-3-6-10-17)16(14-18)15-8-4-2-5-9-15/h2,4-5,8-9,16H,3,6-7,10-14,17H2,1H3. The van der Waals surface area contributed by atoms with Crippen molar-refractivity contribution in [1.82, 2.24) is 9.80 Å². The first-order valence-electron chi connectivity index (χ1n) is 7.49. The molecule has 106 valence electrons. The second-order valence-corrected chi connectivity index (χ2v) is 5.57. The van der Waals surface area contributed by atoms with Gasteiger partial charge in [0.05, 0.1) is 0 Å². The molecular formula is C16H27N3. The summed E-state index contributed by atoms with van der Waals surface area (Å²) in [5.74, 6) is 0. The Kier molecular flexibility index (Phi) is 5.83. The Bertz CT molecular complexity index is 352. The van der Waals surface area contributed by atoms with Gasteiger partial charge in [0.25, 0.3) is 0 Å². The summed E-state index contributed by atoms with van der Waals surface area (Å²) in [7, 11) is 2.22. The van der Waals surface area contributed by atoms with Crippen molar-refractivity contribution in [2.45, 2.75) is 25.3 Å². The molecule has 3 nitrogen and oxygen atoms in total. The fourth-order valence-electron chi connectivity index (χ4n) is 2.85. The molecule has 1 heterocycles. The van der Waals surface area contributed by atoms with E-state index in [1.54, 1.807) is 0 Å². The predicted octanol–water partition coefficient (Wildman–Crippen LogP) is 2.10. The molecule has 1 aromatic carbocycles. The zero-order valence-corrected chi connectivity index (χ0v) is 12.1. The highest BCUT2D eigenvalue weighted by Crippen LogP contribution is 2.25. The third-order valence-corrected chi connectivity index (χ3v) is 4.03. The Hall–Kier alpha value is -0.900. The van der Waals surface area contributed by atoms with E-state index in [1.165, 1.54) is 38.0 Å². The number of piperazine rings is 1. The van der Waals surface area contributed by atoms with Crippen LogP contribution in [0, 0.1) is 0 Å². The van der Waals surface area contributed by atoms with Crippen LogP contribution >= 0.6 is 0 Å². The van der Waals surface area contributed by atoms with E-state index in [0.29, 0.717) is 6.04 Å². The maximum absolute atomic E-state index is 5.56. The van der Waals surface area contributed by atoms with E-state index in [-0.39, 0.29) is 0 Å². The van der Waals surface area contributed by atoms with Crippen LogP contribution in [0.4, 0.5) is 0 Å². The minimum absolute atomic E-state index is 0.554. The van der Waals surface area contributed by atoms with Crippen molar-refractivity contribution in [3.63, 3.8) is 0 Å². The molecule has 1 aromatic rings. The van der Waals surface area contributed by atoms with Crippen LogP contribution in [0.25, 0.3) is 0 Å². The van der Waals surface area contributed by atoms with E-state index in [1.807, 2.05) is 0 Å². The van der Waals surface area contributed by atoms with Crippen molar-refractivity contribution in [1.29, 1.82) is 0 Å². The van der Waals surface area contributed by atoms with Gasteiger partial charge in [-0.05, 0) is 38.5 Å². The SMILES string of the molecule is CN1CCN(CCCCCN)C(c2ccccc2)C1. The Morgan fingerprint density at radius 1 is 1.11 bits per heavy atom. The van der Waals surface area contributed by atoms with Crippen molar-refractivity contribution in [3.05, 3.63) is 35.9 Å². The molecule has 1 atom stereocenters. The third-order valence-electron chi connectivity index (χ3n) is 4.03. The number of unbranched alkanes of at least 4 members (excludes halogenated alkanes) is 2. The van der Waals surface area contributed by atoms with Gasteiger partial charge in [-0.25, -0.2) is 0 Å². The van der Waals surface area contributed by atoms with Crippen molar-refractivity contribution in [2.75, 3.05) is 39.8 Å².